The van der Waals surface area contributed by atoms with E-state index in [9.17, 15) is 13.2 Å². The second-order valence-corrected chi connectivity index (χ2v) is 4.47. The molecule has 0 bridgehead atoms. The zero-order valence-electron chi connectivity index (χ0n) is 8.76. The summed E-state index contributed by atoms with van der Waals surface area (Å²) >= 11 is 0. The average Bonchev–Trinajstić information content (AvgIpc) is 2.29. The molecule has 1 amide bonds. The Morgan fingerprint density at radius 2 is 1.75 bits per heavy atom. The van der Waals surface area contributed by atoms with Gasteiger partial charge in [-0.1, -0.05) is 0 Å². The van der Waals surface area contributed by atoms with Crippen molar-refractivity contribution in [2.24, 2.45) is 0 Å². The summed E-state index contributed by atoms with van der Waals surface area (Å²) in [7, 11) is -1.38. The van der Waals surface area contributed by atoms with Crippen LogP contribution >= 0.6 is 0 Å². The van der Waals surface area contributed by atoms with Gasteiger partial charge in [-0.2, -0.15) is 8.42 Å². The number of anilines is 1. The van der Waals surface area contributed by atoms with Crippen molar-refractivity contribution in [2.75, 3.05) is 19.5 Å². The predicted molar refractivity (Wildman–Crippen MR) is 56.7 cm³/mol. The van der Waals surface area contributed by atoms with Gasteiger partial charge in [0.1, 0.15) is 0 Å². The van der Waals surface area contributed by atoms with Crippen LogP contribution in [0.1, 0.15) is 0 Å². The van der Waals surface area contributed by atoms with Crippen LogP contribution in [0.25, 0.3) is 0 Å². The van der Waals surface area contributed by atoms with Crippen LogP contribution in [0, 0.1) is 0 Å². The fourth-order valence-electron chi connectivity index (χ4n) is 0.970. The number of carbonyl (C=O) groups is 1. The van der Waals surface area contributed by atoms with Gasteiger partial charge in [-0.15, -0.1) is 0 Å². The van der Waals surface area contributed by atoms with E-state index in [0.717, 1.165) is 7.11 Å². The van der Waals surface area contributed by atoms with Gasteiger partial charge in [-0.25, -0.2) is 4.79 Å². The molecule has 0 aliphatic heterocycles. The first kappa shape index (κ1) is 12.5. The Morgan fingerprint density at radius 3 is 2.19 bits per heavy atom. The summed E-state index contributed by atoms with van der Waals surface area (Å²) in [5.41, 5.74) is 0.432. The van der Waals surface area contributed by atoms with Gasteiger partial charge >= 0.3 is 6.09 Å². The largest absolute Gasteiger partial charge is 0.453 e. The molecule has 1 rings (SSSR count). The van der Waals surface area contributed by atoms with Crippen molar-refractivity contribution >= 4 is 21.9 Å². The molecule has 1 aromatic rings. The van der Waals surface area contributed by atoms with Gasteiger partial charge in [-0.3, -0.25) is 9.50 Å². The third-order valence-corrected chi connectivity index (χ3v) is 3.08. The van der Waals surface area contributed by atoms with E-state index in [1.807, 2.05) is 0 Å². The number of nitrogens with one attached hydrogen (secondary N) is 1. The summed E-state index contributed by atoms with van der Waals surface area (Å²) in [5, 5.41) is 2.39. The van der Waals surface area contributed by atoms with E-state index in [1.54, 1.807) is 0 Å². The molecule has 88 valence electrons. The number of hydrogen-bond donors (Lipinski definition) is 1. The minimum absolute atomic E-state index is 0.0189. The quantitative estimate of drug-likeness (QED) is 0.809. The SMILES string of the molecule is COC(=O)Nc1ccc(S(=O)(=O)OC)cc1. The number of benzene rings is 1. The number of amides is 1. The molecule has 0 aromatic heterocycles. The highest BCUT2D eigenvalue weighted by molar-refractivity contribution is 7.86. The average molecular weight is 245 g/mol. The molecule has 0 spiro atoms. The van der Waals surface area contributed by atoms with Crippen molar-refractivity contribution in [1.29, 1.82) is 0 Å². The van der Waals surface area contributed by atoms with Crippen molar-refractivity contribution in [3.8, 4) is 0 Å². The summed E-state index contributed by atoms with van der Waals surface area (Å²) in [5.74, 6) is 0. The van der Waals surface area contributed by atoms with Crippen LogP contribution in [-0.2, 0) is 19.0 Å². The third kappa shape index (κ3) is 2.94. The lowest BCUT2D eigenvalue weighted by Crippen LogP contribution is -2.11. The van der Waals surface area contributed by atoms with E-state index >= 15 is 0 Å². The monoisotopic (exact) mass is 245 g/mol. The lowest BCUT2D eigenvalue weighted by atomic mass is 10.3. The summed E-state index contributed by atoms with van der Waals surface area (Å²) in [6.07, 6.45) is -0.623. The molecule has 0 aliphatic carbocycles. The fourth-order valence-corrected chi connectivity index (χ4v) is 1.63. The first-order chi connectivity index (χ1) is 7.49. The zero-order chi connectivity index (χ0) is 12.2. The Kier molecular flexibility index (Phi) is 3.86. The molecule has 1 aromatic carbocycles. The molecule has 7 heteroatoms. The molecule has 0 unspecified atom stereocenters. The highest BCUT2D eigenvalue weighted by atomic mass is 32.2. The summed E-state index contributed by atoms with van der Waals surface area (Å²) in [6, 6.07) is 5.51. The van der Waals surface area contributed by atoms with Gasteiger partial charge in [0.05, 0.1) is 19.1 Å². The lowest BCUT2D eigenvalue weighted by Gasteiger charge is -2.04. The number of ether oxygens (including phenoxy) is 1. The van der Waals surface area contributed by atoms with E-state index in [1.165, 1.54) is 31.4 Å². The van der Waals surface area contributed by atoms with E-state index in [0.29, 0.717) is 5.69 Å². The minimum Gasteiger partial charge on any atom is -0.453 e. The fraction of sp³-hybridized carbons (Fsp3) is 0.222. The van der Waals surface area contributed by atoms with Crippen LogP contribution in [0.4, 0.5) is 10.5 Å². The lowest BCUT2D eigenvalue weighted by molar-refractivity contribution is 0.187. The maximum absolute atomic E-state index is 11.3. The molecule has 0 saturated carbocycles. The van der Waals surface area contributed by atoms with Crippen molar-refractivity contribution in [3.63, 3.8) is 0 Å². The Hall–Kier alpha value is -1.60. The zero-order valence-corrected chi connectivity index (χ0v) is 9.58. The number of carbonyl (C=O) groups excluding carboxylic acids is 1. The van der Waals surface area contributed by atoms with Crippen LogP contribution in [0.15, 0.2) is 29.2 Å². The van der Waals surface area contributed by atoms with E-state index in [2.05, 4.69) is 14.2 Å². The maximum Gasteiger partial charge on any atom is 0.411 e. The topological polar surface area (TPSA) is 81.7 Å². The second kappa shape index (κ2) is 4.95. The van der Waals surface area contributed by atoms with Crippen molar-refractivity contribution in [3.05, 3.63) is 24.3 Å². The van der Waals surface area contributed by atoms with Gasteiger partial charge < -0.3 is 4.74 Å². The summed E-state index contributed by atoms with van der Waals surface area (Å²) in [4.78, 5) is 10.9. The maximum atomic E-state index is 11.3. The Balaban J connectivity index is 2.88. The summed E-state index contributed by atoms with van der Waals surface area (Å²) < 4.78 is 31.2. The van der Waals surface area contributed by atoms with Gasteiger partial charge in [0.2, 0.25) is 0 Å². The number of rotatable bonds is 3. The van der Waals surface area contributed by atoms with Crippen molar-refractivity contribution < 1.29 is 22.1 Å². The van der Waals surface area contributed by atoms with Crippen LogP contribution in [0.3, 0.4) is 0 Å². The van der Waals surface area contributed by atoms with Crippen LogP contribution in [-0.4, -0.2) is 28.7 Å². The second-order valence-electron chi connectivity index (χ2n) is 2.76. The van der Waals surface area contributed by atoms with E-state index < -0.39 is 16.2 Å². The molecule has 16 heavy (non-hydrogen) atoms. The highest BCUT2D eigenvalue weighted by Crippen LogP contribution is 2.15. The van der Waals surface area contributed by atoms with Gasteiger partial charge in [0, 0.05) is 5.69 Å². The van der Waals surface area contributed by atoms with E-state index in [-0.39, 0.29) is 4.90 Å². The molecule has 0 heterocycles. The normalized spacial score (nSPS) is 10.9. The molecule has 6 nitrogen and oxygen atoms in total. The van der Waals surface area contributed by atoms with Crippen LogP contribution < -0.4 is 5.32 Å². The third-order valence-electron chi connectivity index (χ3n) is 1.79. The minimum atomic E-state index is -3.69. The Labute approximate surface area is 93.3 Å². The van der Waals surface area contributed by atoms with Gasteiger partial charge in [0.25, 0.3) is 10.1 Å². The summed E-state index contributed by atoms with van der Waals surface area (Å²) in [6.45, 7) is 0. The molecular weight excluding hydrogens is 234 g/mol. The Bertz CT molecular complexity index is 465. The van der Waals surface area contributed by atoms with Gasteiger partial charge in [0.15, 0.2) is 0 Å². The number of hydrogen-bond acceptors (Lipinski definition) is 5. The van der Waals surface area contributed by atoms with E-state index in [4.69, 9.17) is 0 Å². The Morgan fingerprint density at radius 1 is 1.19 bits per heavy atom. The number of methoxy groups -OCH3 is 1. The van der Waals surface area contributed by atoms with Crippen LogP contribution in [0.2, 0.25) is 0 Å². The van der Waals surface area contributed by atoms with Crippen molar-refractivity contribution in [1.82, 2.24) is 0 Å². The standard InChI is InChI=1S/C9H11NO5S/c1-14-9(11)10-7-3-5-8(6-4-7)16(12,13)15-2/h3-6H,1-2H3,(H,10,11). The molecule has 0 saturated heterocycles. The molecule has 0 atom stereocenters. The predicted octanol–water partition coefficient (Wildman–Crippen LogP) is 1.20. The molecule has 0 radical (unpaired) electrons. The molecule has 0 fully saturated rings. The molecule has 1 N–H and O–H groups in total. The first-order valence-electron chi connectivity index (χ1n) is 4.25. The highest BCUT2D eigenvalue weighted by Gasteiger charge is 2.12. The van der Waals surface area contributed by atoms with Crippen LogP contribution in [0.5, 0.6) is 0 Å². The van der Waals surface area contributed by atoms with Crippen molar-refractivity contribution in [2.45, 2.75) is 4.90 Å². The van der Waals surface area contributed by atoms with Gasteiger partial charge in [-0.05, 0) is 24.3 Å². The molecule has 0 aliphatic rings. The first-order valence-corrected chi connectivity index (χ1v) is 5.66. The molecular formula is C9H11NO5S. The smallest absolute Gasteiger partial charge is 0.411 e.